The van der Waals surface area contributed by atoms with E-state index in [1.165, 1.54) is 31.0 Å². The predicted octanol–water partition coefficient (Wildman–Crippen LogP) is 1.33. The van der Waals surface area contributed by atoms with Crippen LogP contribution in [0.2, 0.25) is 0 Å². The van der Waals surface area contributed by atoms with E-state index in [9.17, 15) is 14.4 Å². The summed E-state index contributed by atoms with van der Waals surface area (Å²) in [6.45, 7) is 1.64. The zero-order valence-electron chi connectivity index (χ0n) is 14.3. The highest BCUT2D eigenvalue weighted by molar-refractivity contribution is 5.94. The van der Waals surface area contributed by atoms with E-state index >= 15 is 0 Å². The number of esters is 1. The van der Waals surface area contributed by atoms with Crippen molar-refractivity contribution in [3.05, 3.63) is 64.6 Å². The average Bonchev–Trinajstić information content (AvgIpc) is 3.12. The molecule has 0 bridgehead atoms. The first-order chi connectivity index (χ1) is 12.5. The van der Waals surface area contributed by atoms with Crippen LogP contribution in [0.4, 0.5) is 0 Å². The molecule has 134 valence electrons. The molecule has 2 heterocycles. The van der Waals surface area contributed by atoms with Crippen molar-refractivity contribution in [2.45, 2.75) is 19.5 Å². The number of methoxy groups -OCH3 is 1. The second-order valence-electron chi connectivity index (χ2n) is 5.68. The molecule has 8 nitrogen and oxygen atoms in total. The molecule has 0 spiro atoms. The minimum Gasteiger partial charge on any atom is -0.467 e. The number of para-hydroxylation sites is 1. The molecule has 1 atom stereocenters. The molecule has 3 rings (SSSR count). The van der Waals surface area contributed by atoms with Crippen LogP contribution < -0.4 is 10.9 Å². The second kappa shape index (κ2) is 7.22. The lowest BCUT2D eigenvalue weighted by Gasteiger charge is -2.10. The smallest absolute Gasteiger partial charge is 0.328 e. The Balaban J connectivity index is 1.77. The minimum atomic E-state index is -0.798. The Kier molecular flexibility index (Phi) is 4.83. The molecule has 0 aliphatic carbocycles. The standard InChI is InChI=1S/C18H17N3O5/c1-11(18(24)25-2)20-16(22)15-8-7-12(26-15)9-21-10-19-14-6-4-3-5-13(14)17(21)23/h3-8,10-11H,9H2,1-2H3,(H,20,22)/t11-/m1/s1. The molecule has 1 amide bonds. The summed E-state index contributed by atoms with van der Waals surface area (Å²) in [7, 11) is 1.24. The monoisotopic (exact) mass is 355 g/mol. The summed E-state index contributed by atoms with van der Waals surface area (Å²) in [6.07, 6.45) is 1.44. The Morgan fingerprint density at radius 3 is 2.81 bits per heavy atom. The van der Waals surface area contributed by atoms with Gasteiger partial charge in [-0.3, -0.25) is 14.2 Å². The van der Waals surface area contributed by atoms with Gasteiger partial charge in [0.2, 0.25) is 0 Å². The first-order valence-corrected chi connectivity index (χ1v) is 7.91. The zero-order valence-corrected chi connectivity index (χ0v) is 14.3. The number of fused-ring (bicyclic) bond motifs is 1. The number of furan rings is 1. The van der Waals surface area contributed by atoms with Gasteiger partial charge in [-0.15, -0.1) is 0 Å². The van der Waals surface area contributed by atoms with Gasteiger partial charge in [-0.25, -0.2) is 9.78 Å². The Labute approximate surface area is 148 Å². The molecule has 0 aliphatic rings. The topological polar surface area (TPSA) is 103 Å². The minimum absolute atomic E-state index is 0.0394. The maximum absolute atomic E-state index is 12.5. The third kappa shape index (κ3) is 3.49. The van der Waals surface area contributed by atoms with Crippen molar-refractivity contribution in [2.75, 3.05) is 7.11 Å². The van der Waals surface area contributed by atoms with Gasteiger partial charge in [-0.05, 0) is 31.2 Å². The summed E-state index contributed by atoms with van der Waals surface area (Å²) < 4.78 is 11.4. The fourth-order valence-electron chi connectivity index (χ4n) is 2.48. The molecule has 26 heavy (non-hydrogen) atoms. The number of benzene rings is 1. The molecule has 0 saturated heterocycles. The highest BCUT2D eigenvalue weighted by Gasteiger charge is 2.19. The Bertz CT molecular complexity index is 1020. The van der Waals surface area contributed by atoms with E-state index < -0.39 is 17.9 Å². The first-order valence-electron chi connectivity index (χ1n) is 7.91. The summed E-state index contributed by atoms with van der Waals surface area (Å²) in [6, 6.07) is 9.33. The van der Waals surface area contributed by atoms with Gasteiger partial charge in [0.15, 0.2) is 5.76 Å². The number of rotatable bonds is 5. The fourth-order valence-corrected chi connectivity index (χ4v) is 2.48. The summed E-state index contributed by atoms with van der Waals surface area (Å²) >= 11 is 0. The van der Waals surface area contributed by atoms with Crippen molar-refractivity contribution in [1.82, 2.24) is 14.9 Å². The molecule has 0 unspecified atom stereocenters. The van der Waals surface area contributed by atoms with Crippen LogP contribution >= 0.6 is 0 Å². The number of nitrogens with zero attached hydrogens (tertiary/aromatic N) is 2. The SMILES string of the molecule is COC(=O)[C@@H](C)NC(=O)c1ccc(Cn2cnc3ccccc3c2=O)o1. The molecule has 0 saturated carbocycles. The van der Waals surface area contributed by atoms with E-state index in [1.807, 2.05) is 6.07 Å². The summed E-state index contributed by atoms with van der Waals surface area (Å²) in [5, 5.41) is 2.98. The van der Waals surface area contributed by atoms with Crippen LogP contribution in [-0.2, 0) is 16.1 Å². The van der Waals surface area contributed by atoms with Crippen LogP contribution in [-0.4, -0.2) is 34.6 Å². The molecule has 2 aromatic heterocycles. The summed E-state index contributed by atoms with van der Waals surface area (Å²) in [5.74, 6) is -0.644. The van der Waals surface area contributed by atoms with Crippen LogP contribution in [0.5, 0.6) is 0 Å². The number of aromatic nitrogens is 2. The lowest BCUT2D eigenvalue weighted by atomic mass is 10.2. The summed E-state index contributed by atoms with van der Waals surface area (Å²) in [5.41, 5.74) is 0.419. The van der Waals surface area contributed by atoms with Gasteiger partial charge >= 0.3 is 5.97 Å². The summed E-state index contributed by atoms with van der Waals surface area (Å²) in [4.78, 5) is 40.2. The van der Waals surface area contributed by atoms with E-state index in [0.29, 0.717) is 16.7 Å². The number of nitrogens with one attached hydrogen (secondary N) is 1. The number of hydrogen-bond acceptors (Lipinski definition) is 6. The van der Waals surface area contributed by atoms with Crippen molar-refractivity contribution >= 4 is 22.8 Å². The number of carbonyl (C=O) groups is 2. The van der Waals surface area contributed by atoms with Crippen molar-refractivity contribution < 1.29 is 18.7 Å². The van der Waals surface area contributed by atoms with Crippen LogP contribution in [0.15, 0.2) is 51.9 Å². The molecule has 0 radical (unpaired) electrons. The van der Waals surface area contributed by atoms with E-state index in [2.05, 4.69) is 15.0 Å². The van der Waals surface area contributed by atoms with Gasteiger partial charge in [0, 0.05) is 0 Å². The fraction of sp³-hybridized carbons (Fsp3) is 0.222. The quantitative estimate of drug-likeness (QED) is 0.693. The first kappa shape index (κ1) is 17.4. The van der Waals surface area contributed by atoms with Crippen molar-refractivity contribution in [3.63, 3.8) is 0 Å². The van der Waals surface area contributed by atoms with Crippen LogP contribution in [0.25, 0.3) is 10.9 Å². The van der Waals surface area contributed by atoms with Gasteiger partial charge in [0.05, 0.1) is 30.9 Å². The van der Waals surface area contributed by atoms with E-state index in [0.717, 1.165) is 0 Å². The molecule has 3 aromatic rings. The largest absolute Gasteiger partial charge is 0.467 e. The van der Waals surface area contributed by atoms with Crippen LogP contribution in [0.1, 0.15) is 23.2 Å². The average molecular weight is 355 g/mol. The molecule has 1 N–H and O–H groups in total. The molecule has 0 fully saturated rings. The van der Waals surface area contributed by atoms with Gasteiger partial charge in [0.25, 0.3) is 11.5 Å². The maximum Gasteiger partial charge on any atom is 0.328 e. The third-order valence-corrected chi connectivity index (χ3v) is 3.85. The third-order valence-electron chi connectivity index (χ3n) is 3.85. The Morgan fingerprint density at radius 2 is 2.04 bits per heavy atom. The van der Waals surface area contributed by atoms with Gasteiger partial charge < -0.3 is 14.5 Å². The lowest BCUT2D eigenvalue weighted by Crippen LogP contribution is -2.38. The second-order valence-corrected chi connectivity index (χ2v) is 5.68. The predicted molar refractivity (Wildman–Crippen MR) is 92.8 cm³/mol. The van der Waals surface area contributed by atoms with E-state index in [4.69, 9.17) is 4.42 Å². The lowest BCUT2D eigenvalue weighted by molar-refractivity contribution is -0.142. The number of ether oxygens (including phenoxy) is 1. The van der Waals surface area contributed by atoms with Gasteiger partial charge in [0.1, 0.15) is 11.8 Å². The van der Waals surface area contributed by atoms with Gasteiger partial charge in [-0.2, -0.15) is 0 Å². The molecular formula is C18H17N3O5. The number of hydrogen-bond donors (Lipinski definition) is 1. The maximum atomic E-state index is 12.5. The van der Waals surface area contributed by atoms with E-state index in [-0.39, 0.29) is 17.9 Å². The highest BCUT2D eigenvalue weighted by Crippen LogP contribution is 2.11. The normalized spacial score (nSPS) is 11.9. The Hall–Kier alpha value is -3.42. The molecule has 8 heteroatoms. The Morgan fingerprint density at radius 1 is 1.27 bits per heavy atom. The molecular weight excluding hydrogens is 338 g/mol. The molecule has 1 aromatic carbocycles. The zero-order chi connectivity index (χ0) is 18.7. The van der Waals surface area contributed by atoms with E-state index in [1.54, 1.807) is 24.3 Å². The van der Waals surface area contributed by atoms with Crippen molar-refractivity contribution in [1.29, 1.82) is 0 Å². The van der Waals surface area contributed by atoms with Gasteiger partial charge in [-0.1, -0.05) is 12.1 Å². The highest BCUT2D eigenvalue weighted by atomic mass is 16.5. The van der Waals surface area contributed by atoms with Crippen LogP contribution in [0, 0.1) is 0 Å². The number of carbonyl (C=O) groups excluding carboxylic acids is 2. The van der Waals surface area contributed by atoms with Crippen LogP contribution in [0.3, 0.4) is 0 Å². The van der Waals surface area contributed by atoms with Crippen molar-refractivity contribution in [2.24, 2.45) is 0 Å². The molecule has 0 aliphatic heterocycles. The number of amides is 1. The van der Waals surface area contributed by atoms with Crippen molar-refractivity contribution in [3.8, 4) is 0 Å².